The van der Waals surface area contributed by atoms with Crippen molar-refractivity contribution in [3.8, 4) is 0 Å². The number of nitrogens with one attached hydrogen (secondary N) is 8. The molecule has 0 radical (unpaired) electrons. The molecular formula is C47H79N9O8. The second kappa shape index (κ2) is 27.3. The summed E-state index contributed by atoms with van der Waals surface area (Å²) >= 11 is 0. The Kier molecular flexibility index (Phi) is 23.5. The average Bonchev–Trinajstić information content (AvgIpc) is 3.25. The van der Waals surface area contributed by atoms with Gasteiger partial charge in [0.15, 0.2) is 0 Å². The van der Waals surface area contributed by atoms with Gasteiger partial charge in [-0.15, -0.1) is 0 Å². The van der Waals surface area contributed by atoms with Crippen molar-refractivity contribution in [3.05, 3.63) is 35.9 Å². The summed E-state index contributed by atoms with van der Waals surface area (Å²) in [6, 6.07) is -0.0612. The molecule has 1 aromatic carbocycles. The number of benzene rings is 1. The molecule has 8 amide bonds. The van der Waals surface area contributed by atoms with E-state index in [0.29, 0.717) is 38.6 Å². The van der Waals surface area contributed by atoms with Gasteiger partial charge in [0.2, 0.25) is 47.3 Å². The monoisotopic (exact) mass is 898 g/mol. The lowest BCUT2D eigenvalue weighted by Crippen LogP contribution is -2.63. The summed E-state index contributed by atoms with van der Waals surface area (Å²) in [4.78, 5) is 113. The standard InChI is InChI=1S/C47H79N9O8/c1-12-28(8)37-46(63)52-35(25-32-20-16-15-17-21-32)42(59)51-34(24-26(4)5)43(60)53-36(27(6)7)44(61)49-31(11)40(57)54-39(30(10)14-3)47(64)56-38(29(9)13-2)45(62)50-33(41(58)55-37)22-18-19-23-48/h15-17,20-21,26-31,33-39H,12-14,18-19,22-25,48H2,1-11H3,(H,49,61)(H,50,62)(H,51,59)(H,52,63)(H,53,60)(H,54,57)(H,55,58)(H,56,64)/t28-,29+,30-,31+,33-,34+,35+,36-,37-,38+,39-/m0/s1. The molecule has 360 valence electrons. The largest absolute Gasteiger partial charge is 0.343 e. The van der Waals surface area contributed by atoms with Crippen LogP contribution in [0.4, 0.5) is 0 Å². The van der Waals surface area contributed by atoms with Gasteiger partial charge in [-0.3, -0.25) is 38.4 Å². The molecule has 11 atom stereocenters. The first kappa shape index (κ1) is 55.1. The van der Waals surface area contributed by atoms with E-state index in [1.54, 1.807) is 58.9 Å². The molecule has 64 heavy (non-hydrogen) atoms. The van der Waals surface area contributed by atoms with Crippen LogP contribution in [0.15, 0.2) is 30.3 Å². The third-order valence-corrected chi connectivity index (χ3v) is 12.2. The zero-order valence-electron chi connectivity index (χ0n) is 40.1. The van der Waals surface area contributed by atoms with E-state index in [1.165, 1.54) is 6.92 Å². The minimum absolute atomic E-state index is 0.0466. The lowest BCUT2D eigenvalue weighted by molar-refractivity contribution is -0.138. The minimum Gasteiger partial charge on any atom is -0.343 e. The van der Waals surface area contributed by atoms with E-state index in [4.69, 9.17) is 5.73 Å². The quantitative estimate of drug-likeness (QED) is 0.117. The highest BCUT2D eigenvalue weighted by Crippen LogP contribution is 2.16. The van der Waals surface area contributed by atoms with Crippen LogP contribution in [0.2, 0.25) is 0 Å². The van der Waals surface area contributed by atoms with Gasteiger partial charge >= 0.3 is 0 Å². The van der Waals surface area contributed by atoms with Crippen LogP contribution >= 0.6 is 0 Å². The molecule has 1 saturated heterocycles. The van der Waals surface area contributed by atoms with E-state index in [0.717, 1.165) is 5.56 Å². The van der Waals surface area contributed by atoms with Gasteiger partial charge in [0, 0.05) is 6.42 Å². The Morgan fingerprint density at radius 2 is 0.891 bits per heavy atom. The maximum atomic E-state index is 14.4. The van der Waals surface area contributed by atoms with Gasteiger partial charge in [0.1, 0.15) is 48.3 Å². The molecule has 0 bridgehead atoms. The summed E-state index contributed by atoms with van der Waals surface area (Å²) in [5.41, 5.74) is 6.52. The van der Waals surface area contributed by atoms with E-state index in [9.17, 15) is 38.4 Å². The Morgan fingerprint density at radius 3 is 1.38 bits per heavy atom. The number of carbonyl (C=O) groups is 8. The summed E-state index contributed by atoms with van der Waals surface area (Å²) in [6.07, 6.45) is 2.86. The van der Waals surface area contributed by atoms with E-state index >= 15 is 0 Å². The van der Waals surface area contributed by atoms with Crippen molar-refractivity contribution in [1.82, 2.24) is 42.5 Å². The fraction of sp³-hybridized carbons (Fsp3) is 0.702. The molecule has 10 N–H and O–H groups in total. The summed E-state index contributed by atoms with van der Waals surface area (Å²) < 4.78 is 0. The molecular weight excluding hydrogens is 819 g/mol. The second-order valence-electron chi connectivity index (χ2n) is 18.4. The first-order chi connectivity index (χ1) is 30.2. The highest BCUT2D eigenvalue weighted by molar-refractivity contribution is 5.99. The molecule has 1 aliphatic heterocycles. The van der Waals surface area contributed by atoms with Crippen molar-refractivity contribution in [3.63, 3.8) is 0 Å². The number of rotatable bonds is 15. The Bertz CT molecular complexity index is 1710. The van der Waals surface area contributed by atoms with Gasteiger partial charge in [-0.2, -0.15) is 0 Å². The van der Waals surface area contributed by atoms with Crippen molar-refractivity contribution in [2.75, 3.05) is 6.54 Å². The average molecular weight is 898 g/mol. The summed E-state index contributed by atoms with van der Waals surface area (Å²) in [7, 11) is 0. The zero-order valence-corrected chi connectivity index (χ0v) is 40.1. The minimum atomic E-state index is -1.20. The summed E-state index contributed by atoms with van der Waals surface area (Å²) in [6.45, 7) is 20.0. The number of amides is 8. The molecule has 17 heteroatoms. The number of carbonyl (C=O) groups excluding carboxylic acids is 8. The summed E-state index contributed by atoms with van der Waals surface area (Å²) in [5, 5.41) is 22.5. The van der Waals surface area contributed by atoms with Gasteiger partial charge in [-0.25, -0.2) is 0 Å². The molecule has 1 aromatic rings. The van der Waals surface area contributed by atoms with E-state index in [-0.39, 0.29) is 25.2 Å². The number of unbranched alkanes of at least 4 members (excludes halogenated alkanes) is 1. The van der Waals surface area contributed by atoms with E-state index in [1.807, 2.05) is 40.7 Å². The van der Waals surface area contributed by atoms with Gasteiger partial charge in [-0.1, -0.05) is 119 Å². The van der Waals surface area contributed by atoms with Gasteiger partial charge in [0.05, 0.1) is 0 Å². The molecule has 0 saturated carbocycles. The molecule has 0 aliphatic carbocycles. The third-order valence-electron chi connectivity index (χ3n) is 12.2. The topological polar surface area (TPSA) is 259 Å². The Hall–Kier alpha value is -5.06. The van der Waals surface area contributed by atoms with E-state index < -0.39 is 119 Å². The van der Waals surface area contributed by atoms with Crippen molar-refractivity contribution in [2.45, 2.75) is 176 Å². The Labute approximate surface area is 380 Å². The van der Waals surface area contributed by atoms with Crippen molar-refractivity contribution >= 4 is 47.3 Å². The van der Waals surface area contributed by atoms with Crippen LogP contribution in [0.3, 0.4) is 0 Å². The van der Waals surface area contributed by atoms with Gasteiger partial charge in [0.25, 0.3) is 0 Å². The zero-order chi connectivity index (χ0) is 48.3. The molecule has 2 rings (SSSR count). The molecule has 1 fully saturated rings. The Morgan fingerprint density at radius 1 is 0.484 bits per heavy atom. The first-order valence-electron chi connectivity index (χ1n) is 23.4. The second-order valence-corrected chi connectivity index (χ2v) is 18.4. The van der Waals surface area contributed by atoms with Crippen LogP contribution in [-0.4, -0.2) is 102 Å². The van der Waals surface area contributed by atoms with Crippen LogP contribution in [0.25, 0.3) is 0 Å². The number of hydrogen-bond donors (Lipinski definition) is 9. The highest BCUT2D eigenvalue weighted by atomic mass is 16.2. The van der Waals surface area contributed by atoms with E-state index in [2.05, 4.69) is 42.5 Å². The van der Waals surface area contributed by atoms with Crippen LogP contribution in [-0.2, 0) is 44.8 Å². The summed E-state index contributed by atoms with van der Waals surface area (Å²) in [5.74, 6) is -6.88. The molecule has 0 spiro atoms. The predicted molar refractivity (Wildman–Crippen MR) is 247 cm³/mol. The third kappa shape index (κ3) is 17.1. The van der Waals surface area contributed by atoms with Crippen LogP contribution < -0.4 is 48.3 Å². The molecule has 1 aliphatic rings. The smallest absolute Gasteiger partial charge is 0.243 e. The predicted octanol–water partition coefficient (Wildman–Crippen LogP) is 2.11. The van der Waals surface area contributed by atoms with Crippen LogP contribution in [0.5, 0.6) is 0 Å². The molecule has 1 heterocycles. The molecule has 0 unspecified atom stereocenters. The first-order valence-corrected chi connectivity index (χ1v) is 23.4. The lowest BCUT2D eigenvalue weighted by Gasteiger charge is -2.32. The molecule has 0 aromatic heterocycles. The van der Waals surface area contributed by atoms with Gasteiger partial charge < -0.3 is 48.3 Å². The fourth-order valence-electron chi connectivity index (χ4n) is 7.36. The van der Waals surface area contributed by atoms with Gasteiger partial charge in [-0.05, 0) is 74.3 Å². The maximum absolute atomic E-state index is 14.4. The fourth-order valence-corrected chi connectivity index (χ4v) is 7.36. The maximum Gasteiger partial charge on any atom is 0.243 e. The van der Waals surface area contributed by atoms with Crippen molar-refractivity contribution in [1.29, 1.82) is 0 Å². The molecule has 17 nitrogen and oxygen atoms in total. The van der Waals surface area contributed by atoms with Crippen LogP contribution in [0, 0.1) is 29.6 Å². The Balaban J connectivity index is 2.79. The van der Waals surface area contributed by atoms with Crippen molar-refractivity contribution < 1.29 is 38.4 Å². The number of hydrogen-bond acceptors (Lipinski definition) is 9. The van der Waals surface area contributed by atoms with Crippen LogP contribution in [0.1, 0.15) is 127 Å². The van der Waals surface area contributed by atoms with Crippen molar-refractivity contribution in [2.24, 2.45) is 35.3 Å². The lowest BCUT2D eigenvalue weighted by atomic mass is 9.94. The highest BCUT2D eigenvalue weighted by Gasteiger charge is 2.38. The SMILES string of the molecule is CC[C@@H](C)[C@H]1NC(=O)[C@H]([C@@H](C)CC)NC(=O)[C@@H](C)NC(=O)[C@H](C(C)C)NC(=O)[C@@H](CC(C)C)NC(=O)[C@@H](Cc2ccccc2)NC(=O)[C@H]([C@@H](C)CC)NC(=O)[C@H](CCCCN)NC1=O. The number of nitrogens with two attached hydrogens (primary N) is 1. The normalized spacial score (nSPS) is 26.8.